The Hall–Kier alpha value is -3.52. The van der Waals surface area contributed by atoms with Crippen molar-refractivity contribution in [2.24, 2.45) is 0 Å². The first-order valence-electron chi connectivity index (χ1n) is 9.30. The molecule has 0 saturated carbocycles. The summed E-state index contributed by atoms with van der Waals surface area (Å²) in [6.07, 6.45) is 0. The zero-order valence-electron chi connectivity index (χ0n) is 14.8. The number of hydrogen-bond donors (Lipinski definition) is 0. The smallest absolute Gasteiger partial charge is 0.145 e. The van der Waals surface area contributed by atoms with Gasteiger partial charge in [-0.05, 0) is 36.8 Å². The van der Waals surface area contributed by atoms with E-state index in [4.69, 9.17) is 4.42 Å². The molecule has 0 fully saturated rings. The summed E-state index contributed by atoms with van der Waals surface area (Å²) in [4.78, 5) is 0. The van der Waals surface area contributed by atoms with E-state index in [1.165, 1.54) is 54.4 Å². The fourth-order valence-electron chi connectivity index (χ4n) is 4.84. The van der Waals surface area contributed by atoms with Crippen LogP contribution >= 0.6 is 0 Å². The predicted molar refractivity (Wildman–Crippen MR) is 113 cm³/mol. The van der Waals surface area contributed by atoms with E-state index in [1.54, 1.807) is 0 Å². The van der Waals surface area contributed by atoms with Crippen molar-refractivity contribution in [3.63, 3.8) is 0 Å². The Morgan fingerprint density at radius 1 is 0.667 bits per heavy atom. The zero-order valence-corrected chi connectivity index (χ0v) is 14.8. The molecule has 3 aromatic heterocycles. The molecule has 27 heavy (non-hydrogen) atoms. The highest BCUT2D eigenvalue weighted by Gasteiger charge is 2.22. The van der Waals surface area contributed by atoms with Gasteiger partial charge >= 0.3 is 0 Å². The number of para-hydroxylation sites is 2. The highest BCUT2D eigenvalue weighted by molar-refractivity contribution is 6.32. The summed E-state index contributed by atoms with van der Waals surface area (Å²) in [5.41, 5.74) is 7.01. The van der Waals surface area contributed by atoms with E-state index < -0.39 is 0 Å². The maximum absolute atomic E-state index is 6.38. The molecule has 0 aliphatic heterocycles. The lowest BCUT2D eigenvalue weighted by atomic mass is 10.0. The molecule has 0 radical (unpaired) electrons. The molecule has 2 nitrogen and oxygen atoms in total. The number of rotatable bonds is 0. The van der Waals surface area contributed by atoms with Gasteiger partial charge in [-0.15, -0.1) is 0 Å². The number of fused-ring (bicyclic) bond motifs is 10. The fraction of sp³-hybridized carbons (Fsp3) is 0.0400. The van der Waals surface area contributed by atoms with Gasteiger partial charge in [0.1, 0.15) is 11.2 Å². The van der Waals surface area contributed by atoms with Crippen LogP contribution in [0.15, 0.2) is 77.2 Å². The Labute approximate surface area is 154 Å². The molecule has 7 aromatic rings. The number of aromatic nitrogens is 1. The summed E-state index contributed by atoms with van der Waals surface area (Å²) < 4.78 is 8.79. The quantitative estimate of drug-likeness (QED) is 0.288. The van der Waals surface area contributed by atoms with E-state index in [1.807, 2.05) is 6.07 Å². The summed E-state index contributed by atoms with van der Waals surface area (Å²) in [6.45, 7) is 2.16. The van der Waals surface area contributed by atoms with Crippen LogP contribution in [0.4, 0.5) is 0 Å². The Balaban J connectivity index is 1.94. The first-order chi connectivity index (χ1) is 13.3. The van der Waals surface area contributed by atoms with E-state index in [0.717, 1.165) is 11.2 Å². The second-order valence-electron chi connectivity index (χ2n) is 7.50. The SMILES string of the molecule is Cc1ccc2c3cc4c5ccccc5oc4c4c5ccccc5n(c2c1)c34. The molecule has 0 aliphatic rings. The highest BCUT2D eigenvalue weighted by Crippen LogP contribution is 2.45. The minimum Gasteiger partial charge on any atom is -0.455 e. The van der Waals surface area contributed by atoms with Crippen molar-refractivity contribution in [1.29, 1.82) is 0 Å². The molecule has 0 unspecified atom stereocenters. The molecule has 0 bridgehead atoms. The normalized spacial score (nSPS) is 12.6. The van der Waals surface area contributed by atoms with Crippen molar-refractivity contribution in [2.45, 2.75) is 6.92 Å². The lowest BCUT2D eigenvalue weighted by Gasteiger charge is -1.99. The van der Waals surface area contributed by atoms with Gasteiger partial charge in [0.25, 0.3) is 0 Å². The molecule has 0 aliphatic carbocycles. The number of nitrogens with zero attached hydrogens (tertiary/aromatic N) is 1. The van der Waals surface area contributed by atoms with Gasteiger partial charge in [-0.25, -0.2) is 0 Å². The van der Waals surface area contributed by atoms with Crippen LogP contribution in [0.2, 0.25) is 0 Å². The first kappa shape index (κ1) is 13.7. The summed E-state index contributed by atoms with van der Waals surface area (Å²) >= 11 is 0. The van der Waals surface area contributed by atoms with Crippen molar-refractivity contribution < 1.29 is 4.42 Å². The van der Waals surface area contributed by atoms with Crippen LogP contribution in [0.1, 0.15) is 5.56 Å². The summed E-state index contributed by atoms with van der Waals surface area (Å²) in [6, 6.07) is 26.1. The van der Waals surface area contributed by atoms with Crippen LogP contribution in [-0.2, 0) is 0 Å². The second kappa shape index (κ2) is 4.41. The van der Waals surface area contributed by atoms with Crippen molar-refractivity contribution >= 4 is 60.0 Å². The van der Waals surface area contributed by atoms with Gasteiger partial charge in [-0.1, -0.05) is 48.5 Å². The van der Waals surface area contributed by atoms with Gasteiger partial charge in [-0.3, -0.25) is 0 Å². The Kier molecular flexibility index (Phi) is 2.23. The van der Waals surface area contributed by atoms with Crippen molar-refractivity contribution in [1.82, 2.24) is 4.40 Å². The van der Waals surface area contributed by atoms with Crippen LogP contribution in [0.3, 0.4) is 0 Å². The number of aryl methyl sites for hydroxylation is 1. The van der Waals surface area contributed by atoms with E-state index in [9.17, 15) is 0 Å². The molecule has 3 heterocycles. The van der Waals surface area contributed by atoms with E-state index in [0.29, 0.717) is 0 Å². The topological polar surface area (TPSA) is 17.6 Å². The van der Waals surface area contributed by atoms with E-state index >= 15 is 0 Å². The van der Waals surface area contributed by atoms with E-state index in [2.05, 4.69) is 78.1 Å². The maximum Gasteiger partial charge on any atom is 0.145 e. The summed E-state index contributed by atoms with van der Waals surface area (Å²) in [7, 11) is 0. The Bertz CT molecular complexity index is 1680. The predicted octanol–water partition coefficient (Wildman–Crippen LogP) is 7.04. The molecule has 126 valence electrons. The van der Waals surface area contributed by atoms with Gasteiger partial charge in [0.15, 0.2) is 0 Å². The molecule has 4 aromatic carbocycles. The average Bonchev–Trinajstić information content (AvgIpc) is 3.33. The zero-order chi connectivity index (χ0) is 17.7. The van der Waals surface area contributed by atoms with E-state index in [-0.39, 0.29) is 0 Å². The molecule has 0 atom stereocenters. The second-order valence-corrected chi connectivity index (χ2v) is 7.50. The molecular formula is C25H15NO. The molecule has 0 amide bonds. The van der Waals surface area contributed by atoms with Crippen LogP contribution in [0.25, 0.3) is 60.0 Å². The largest absolute Gasteiger partial charge is 0.455 e. The van der Waals surface area contributed by atoms with Gasteiger partial charge in [0.2, 0.25) is 0 Å². The highest BCUT2D eigenvalue weighted by atomic mass is 16.3. The third-order valence-electron chi connectivity index (χ3n) is 5.96. The van der Waals surface area contributed by atoms with Crippen molar-refractivity contribution in [2.75, 3.05) is 0 Å². The standard InChI is InChI=1S/C25H15NO/c1-14-10-11-15-18-13-19-16-6-3-5-9-22(16)27-25(19)23-17-7-2-4-8-20(17)26(24(18)23)21(15)12-14/h2-13H,1H3. The van der Waals surface area contributed by atoms with Gasteiger partial charge in [0, 0.05) is 26.9 Å². The maximum atomic E-state index is 6.38. The third kappa shape index (κ3) is 1.49. The van der Waals surface area contributed by atoms with Gasteiger partial charge < -0.3 is 8.82 Å². The van der Waals surface area contributed by atoms with Crippen LogP contribution < -0.4 is 0 Å². The molecule has 2 heteroatoms. The Morgan fingerprint density at radius 3 is 2.41 bits per heavy atom. The molecule has 7 rings (SSSR count). The minimum atomic E-state index is 0.951. The monoisotopic (exact) mass is 345 g/mol. The number of furan rings is 1. The lowest BCUT2D eigenvalue weighted by molar-refractivity contribution is 0.673. The van der Waals surface area contributed by atoms with Gasteiger partial charge in [0.05, 0.1) is 21.9 Å². The van der Waals surface area contributed by atoms with Crippen LogP contribution in [0, 0.1) is 6.92 Å². The van der Waals surface area contributed by atoms with Crippen molar-refractivity contribution in [3.05, 3.63) is 78.4 Å². The van der Waals surface area contributed by atoms with Crippen molar-refractivity contribution in [3.8, 4) is 0 Å². The molecule has 0 saturated heterocycles. The molecular weight excluding hydrogens is 330 g/mol. The number of benzene rings is 4. The first-order valence-corrected chi connectivity index (χ1v) is 9.30. The molecule has 0 spiro atoms. The van der Waals surface area contributed by atoms with Crippen LogP contribution in [-0.4, -0.2) is 4.40 Å². The third-order valence-corrected chi connectivity index (χ3v) is 5.96. The van der Waals surface area contributed by atoms with Gasteiger partial charge in [-0.2, -0.15) is 0 Å². The minimum absolute atomic E-state index is 0.951. The summed E-state index contributed by atoms with van der Waals surface area (Å²) in [5.74, 6) is 0. The molecule has 0 N–H and O–H groups in total. The lowest BCUT2D eigenvalue weighted by Crippen LogP contribution is -1.80. The Morgan fingerprint density at radius 2 is 1.48 bits per heavy atom. The fourth-order valence-corrected chi connectivity index (χ4v) is 4.84. The average molecular weight is 345 g/mol. The summed E-state index contributed by atoms with van der Waals surface area (Å²) in [5, 5.41) is 7.47. The van der Waals surface area contributed by atoms with Crippen LogP contribution in [0.5, 0.6) is 0 Å². The number of hydrogen-bond acceptors (Lipinski definition) is 1.